The number of benzene rings is 2. The Hall–Kier alpha value is -3.80. The van der Waals surface area contributed by atoms with E-state index in [1.165, 1.54) is 0 Å². The van der Waals surface area contributed by atoms with Gasteiger partial charge in [0.15, 0.2) is 0 Å². The van der Waals surface area contributed by atoms with Crippen LogP contribution in [0.1, 0.15) is 27.1 Å². The molecule has 2 aromatic carbocycles. The number of carbonyl (C=O) groups excluding carboxylic acids is 3. The molecule has 3 amide bonds. The molecule has 0 radical (unpaired) electrons. The van der Waals surface area contributed by atoms with Crippen LogP contribution < -0.4 is 10.5 Å². The minimum atomic E-state index is -0.496. The molecule has 11 nitrogen and oxygen atoms in total. The van der Waals surface area contributed by atoms with E-state index in [-0.39, 0.29) is 25.0 Å². The zero-order valence-electron chi connectivity index (χ0n) is 20.4. The lowest BCUT2D eigenvalue weighted by Gasteiger charge is -2.26. The molecule has 0 saturated carbocycles. The number of nitrogens with one attached hydrogen (secondary N) is 1. The Labute approximate surface area is 212 Å². The highest BCUT2D eigenvalue weighted by atomic mass is 16.5. The Morgan fingerprint density at radius 3 is 2.57 bits per heavy atom. The van der Waals surface area contributed by atoms with E-state index in [1.54, 1.807) is 34.1 Å². The maximum atomic E-state index is 13.2. The van der Waals surface area contributed by atoms with E-state index in [1.807, 2.05) is 22.8 Å². The predicted octanol–water partition coefficient (Wildman–Crippen LogP) is 0.928. The third-order valence-corrected chi connectivity index (χ3v) is 6.47. The van der Waals surface area contributed by atoms with Gasteiger partial charge in [0.25, 0.3) is 17.7 Å². The Morgan fingerprint density at radius 2 is 1.78 bits per heavy atom. The fourth-order valence-electron chi connectivity index (χ4n) is 4.56. The number of amides is 3. The Balaban J connectivity index is 1.47. The molecular formula is C26H29N5O6. The molecule has 0 bridgehead atoms. The second-order valence-corrected chi connectivity index (χ2v) is 8.88. The number of imidazole rings is 1. The van der Waals surface area contributed by atoms with Crippen molar-refractivity contribution in [3.63, 3.8) is 0 Å². The number of fused-ring (bicyclic) bond motifs is 1. The number of H-pyrrole nitrogens is 1. The number of aliphatic hydroxyl groups is 1. The average Bonchev–Trinajstić information content (AvgIpc) is 3.28. The maximum Gasteiger partial charge on any atom is 0.280 e. The number of anilines is 1. The van der Waals surface area contributed by atoms with E-state index in [0.29, 0.717) is 74.7 Å². The van der Waals surface area contributed by atoms with Gasteiger partial charge in [-0.3, -0.25) is 14.4 Å². The number of aryl methyl sites for hydroxylation is 1. The Kier molecular flexibility index (Phi) is 7.45. The minimum absolute atomic E-state index is 0.0148. The number of morpholine rings is 2. The van der Waals surface area contributed by atoms with Crippen LogP contribution in [0.3, 0.4) is 0 Å². The third kappa shape index (κ3) is 5.33. The summed E-state index contributed by atoms with van der Waals surface area (Å²) in [5.41, 5.74) is 3.27. The highest BCUT2D eigenvalue weighted by molar-refractivity contribution is 6.00. The summed E-state index contributed by atoms with van der Waals surface area (Å²) in [6.45, 7) is 3.41. The van der Waals surface area contributed by atoms with Gasteiger partial charge in [0.1, 0.15) is 6.61 Å². The summed E-state index contributed by atoms with van der Waals surface area (Å²) >= 11 is 0. The molecule has 3 heterocycles. The standard InChI is InChI=1S/C26H29N5O6/c32-11-2-7-31-22-6-5-20(30-10-14-37-17-23(30)33)16-21(22)27-26(31)28-24(34)18-3-1-4-19(15-18)25(35)29-8-12-36-13-9-29/h1,3-6,15-16,32H,2,7-14,17H2,(H,27,28,34). The van der Waals surface area contributed by atoms with Gasteiger partial charge < -0.3 is 33.9 Å². The summed E-state index contributed by atoms with van der Waals surface area (Å²) in [7, 11) is 0. The van der Waals surface area contributed by atoms with E-state index >= 15 is 0 Å². The van der Waals surface area contributed by atoms with Crippen molar-refractivity contribution in [2.45, 2.75) is 13.0 Å². The normalized spacial score (nSPS) is 17.0. The molecule has 2 aliphatic rings. The summed E-state index contributed by atoms with van der Waals surface area (Å²) in [6.07, 6.45) is 0.474. The molecule has 11 heteroatoms. The van der Waals surface area contributed by atoms with Crippen molar-refractivity contribution in [1.82, 2.24) is 14.5 Å². The number of aromatic nitrogens is 2. The topological polar surface area (TPSA) is 129 Å². The van der Waals surface area contributed by atoms with Gasteiger partial charge in [-0.2, -0.15) is 4.99 Å². The molecule has 0 unspecified atom stereocenters. The van der Waals surface area contributed by atoms with Crippen LogP contribution >= 0.6 is 0 Å². The minimum Gasteiger partial charge on any atom is -0.396 e. The van der Waals surface area contributed by atoms with Gasteiger partial charge in [0.05, 0.1) is 30.9 Å². The van der Waals surface area contributed by atoms with Crippen LogP contribution in [0.2, 0.25) is 0 Å². The highest BCUT2D eigenvalue weighted by Gasteiger charge is 2.22. The predicted molar refractivity (Wildman–Crippen MR) is 134 cm³/mol. The third-order valence-electron chi connectivity index (χ3n) is 6.47. The van der Waals surface area contributed by atoms with Crippen LogP contribution in [0.4, 0.5) is 5.69 Å². The van der Waals surface area contributed by atoms with Crippen molar-refractivity contribution in [1.29, 1.82) is 0 Å². The first-order valence-corrected chi connectivity index (χ1v) is 12.3. The molecule has 2 N–H and O–H groups in total. The zero-order chi connectivity index (χ0) is 25.8. The zero-order valence-corrected chi connectivity index (χ0v) is 20.4. The van der Waals surface area contributed by atoms with Crippen LogP contribution in [0.25, 0.3) is 11.0 Å². The number of aromatic amines is 1. The molecule has 2 saturated heterocycles. The average molecular weight is 508 g/mol. The first-order valence-electron chi connectivity index (χ1n) is 12.3. The SMILES string of the molecule is O=C(/N=c1\[nH]c2cc(N3CCOCC3=O)ccc2n1CCCO)c1cccc(C(=O)N2CCOCC2)c1. The lowest BCUT2D eigenvalue weighted by molar-refractivity contribution is -0.125. The molecule has 5 rings (SSSR count). The molecule has 37 heavy (non-hydrogen) atoms. The molecule has 0 atom stereocenters. The largest absolute Gasteiger partial charge is 0.396 e. The van der Waals surface area contributed by atoms with Crippen LogP contribution in [0.5, 0.6) is 0 Å². The van der Waals surface area contributed by atoms with Gasteiger partial charge >= 0.3 is 0 Å². The van der Waals surface area contributed by atoms with E-state index in [0.717, 1.165) is 11.2 Å². The molecule has 2 aliphatic heterocycles. The summed E-state index contributed by atoms with van der Waals surface area (Å²) in [6, 6.07) is 12.1. The van der Waals surface area contributed by atoms with Crippen molar-refractivity contribution < 1.29 is 29.0 Å². The summed E-state index contributed by atoms with van der Waals surface area (Å²) in [4.78, 5) is 49.2. The molecule has 0 aliphatic carbocycles. The summed E-state index contributed by atoms with van der Waals surface area (Å²) in [5.74, 6) is -0.756. The van der Waals surface area contributed by atoms with Crippen LogP contribution in [0.15, 0.2) is 47.5 Å². The van der Waals surface area contributed by atoms with Crippen molar-refractivity contribution in [3.05, 3.63) is 59.2 Å². The number of carbonyl (C=O) groups is 3. The highest BCUT2D eigenvalue weighted by Crippen LogP contribution is 2.22. The van der Waals surface area contributed by atoms with Gasteiger partial charge in [-0.15, -0.1) is 0 Å². The molecule has 3 aromatic rings. The second kappa shape index (κ2) is 11.1. The first kappa shape index (κ1) is 24.9. The van der Waals surface area contributed by atoms with Gasteiger partial charge in [0, 0.05) is 49.6 Å². The molecular weight excluding hydrogens is 478 g/mol. The van der Waals surface area contributed by atoms with Crippen LogP contribution in [-0.4, -0.2) is 89.9 Å². The summed E-state index contributed by atoms with van der Waals surface area (Å²) in [5, 5.41) is 9.40. The Morgan fingerprint density at radius 1 is 1.00 bits per heavy atom. The van der Waals surface area contributed by atoms with E-state index in [4.69, 9.17) is 9.47 Å². The lowest BCUT2D eigenvalue weighted by Crippen LogP contribution is -2.41. The molecule has 0 spiro atoms. The van der Waals surface area contributed by atoms with Crippen molar-refractivity contribution in [3.8, 4) is 0 Å². The van der Waals surface area contributed by atoms with Gasteiger partial charge in [0.2, 0.25) is 5.62 Å². The molecule has 1 aromatic heterocycles. The van der Waals surface area contributed by atoms with E-state index < -0.39 is 5.91 Å². The first-order chi connectivity index (χ1) is 18.0. The van der Waals surface area contributed by atoms with E-state index in [9.17, 15) is 19.5 Å². The van der Waals surface area contributed by atoms with Crippen molar-refractivity contribution in [2.24, 2.45) is 4.99 Å². The van der Waals surface area contributed by atoms with Gasteiger partial charge in [-0.05, 0) is 42.8 Å². The smallest absolute Gasteiger partial charge is 0.280 e. The number of hydrogen-bond donors (Lipinski definition) is 2. The lowest BCUT2D eigenvalue weighted by atomic mass is 10.1. The number of nitrogens with zero attached hydrogens (tertiary/aromatic N) is 4. The quantitative estimate of drug-likeness (QED) is 0.511. The molecule has 194 valence electrons. The number of rotatable bonds is 6. The summed E-state index contributed by atoms with van der Waals surface area (Å²) < 4.78 is 12.4. The fraction of sp³-hybridized carbons (Fsp3) is 0.385. The maximum absolute atomic E-state index is 13.2. The van der Waals surface area contributed by atoms with Gasteiger partial charge in [-0.1, -0.05) is 6.07 Å². The number of aliphatic hydroxyl groups excluding tert-OH is 1. The monoisotopic (exact) mass is 507 g/mol. The van der Waals surface area contributed by atoms with E-state index in [2.05, 4.69) is 9.98 Å². The second-order valence-electron chi connectivity index (χ2n) is 8.88. The number of hydrogen-bond acceptors (Lipinski definition) is 6. The number of ether oxygens (including phenoxy) is 2. The van der Waals surface area contributed by atoms with Crippen LogP contribution in [-0.2, 0) is 20.8 Å². The van der Waals surface area contributed by atoms with Crippen molar-refractivity contribution in [2.75, 3.05) is 57.6 Å². The van der Waals surface area contributed by atoms with Crippen LogP contribution in [0, 0.1) is 0 Å². The Bertz CT molecular complexity index is 1390. The van der Waals surface area contributed by atoms with Gasteiger partial charge in [-0.25, -0.2) is 0 Å². The molecule has 2 fully saturated rings. The van der Waals surface area contributed by atoms with Crippen molar-refractivity contribution >= 4 is 34.4 Å². The fourth-order valence-corrected chi connectivity index (χ4v) is 4.56.